The van der Waals surface area contributed by atoms with Gasteiger partial charge < -0.3 is 10.0 Å². The third-order valence-electron chi connectivity index (χ3n) is 5.30. The van der Waals surface area contributed by atoms with E-state index in [1.807, 2.05) is 85.6 Å². The first kappa shape index (κ1) is 17.4. The molecule has 1 N–H and O–H groups in total. The number of nitrogens with zero attached hydrogens (tertiary/aromatic N) is 2. The second-order valence-electron chi connectivity index (χ2n) is 6.84. The standard InChI is InChI=1S/C23H22N2O2/c1-3-17(19-14-13-15-9-7-8-12-18(15)24-19)20-22(26)21(23(20)27)25(2)16-10-5-4-6-11-16/h4-14,21-22,26H,3H2,1-2H3. The molecule has 2 atom stereocenters. The van der Waals surface area contributed by atoms with Crippen molar-refractivity contribution < 1.29 is 9.90 Å². The number of anilines is 1. The maximum absolute atomic E-state index is 12.9. The van der Waals surface area contributed by atoms with Crippen LogP contribution in [0.5, 0.6) is 0 Å². The van der Waals surface area contributed by atoms with Gasteiger partial charge in [0, 0.05) is 23.7 Å². The Balaban J connectivity index is 1.69. The Hall–Kier alpha value is -2.98. The number of aliphatic hydroxyl groups is 1. The number of hydrogen-bond donors (Lipinski definition) is 1. The van der Waals surface area contributed by atoms with Crippen molar-refractivity contribution in [1.82, 2.24) is 4.98 Å². The summed E-state index contributed by atoms with van der Waals surface area (Å²) in [5, 5.41) is 11.9. The number of carbonyl (C=O) groups is 1. The largest absolute Gasteiger partial charge is 0.386 e. The Labute approximate surface area is 158 Å². The average Bonchev–Trinajstić information content (AvgIpc) is 2.72. The first-order chi connectivity index (χ1) is 13.1. The predicted molar refractivity (Wildman–Crippen MR) is 109 cm³/mol. The topological polar surface area (TPSA) is 53.4 Å². The summed E-state index contributed by atoms with van der Waals surface area (Å²) < 4.78 is 0. The van der Waals surface area contributed by atoms with Crippen LogP contribution in [0, 0.1) is 0 Å². The van der Waals surface area contributed by atoms with Crippen LogP contribution in [0.1, 0.15) is 19.0 Å². The molecule has 1 fully saturated rings. The Kier molecular flexibility index (Phi) is 4.50. The summed E-state index contributed by atoms with van der Waals surface area (Å²) in [6.45, 7) is 1.99. The van der Waals surface area contributed by atoms with Gasteiger partial charge in [0.25, 0.3) is 0 Å². The molecule has 1 aliphatic carbocycles. The Morgan fingerprint density at radius 1 is 1.04 bits per heavy atom. The molecule has 0 aliphatic heterocycles. The van der Waals surface area contributed by atoms with Gasteiger partial charge in [-0.25, -0.2) is 4.98 Å². The van der Waals surface area contributed by atoms with Gasteiger partial charge in [0.1, 0.15) is 12.1 Å². The lowest BCUT2D eigenvalue weighted by atomic mass is 9.76. The number of aromatic nitrogens is 1. The molecule has 1 aromatic heterocycles. The van der Waals surface area contributed by atoms with Crippen LogP contribution < -0.4 is 4.90 Å². The molecule has 2 unspecified atom stereocenters. The van der Waals surface area contributed by atoms with E-state index in [1.165, 1.54) is 0 Å². The van der Waals surface area contributed by atoms with Crippen molar-refractivity contribution in [2.24, 2.45) is 0 Å². The minimum absolute atomic E-state index is 0.0272. The van der Waals surface area contributed by atoms with E-state index < -0.39 is 12.1 Å². The molecule has 1 heterocycles. The van der Waals surface area contributed by atoms with Crippen molar-refractivity contribution in [3.63, 3.8) is 0 Å². The molecule has 4 heteroatoms. The lowest BCUT2D eigenvalue weighted by Crippen LogP contribution is -2.59. The number of rotatable bonds is 4. The predicted octanol–water partition coefficient (Wildman–Crippen LogP) is 3.85. The molecule has 1 aliphatic rings. The van der Waals surface area contributed by atoms with E-state index in [1.54, 1.807) is 0 Å². The quantitative estimate of drug-likeness (QED) is 0.720. The fraction of sp³-hybridized carbons (Fsp3) is 0.217. The minimum Gasteiger partial charge on any atom is -0.386 e. The van der Waals surface area contributed by atoms with Gasteiger partial charge in [-0.3, -0.25) is 4.79 Å². The summed E-state index contributed by atoms with van der Waals surface area (Å²) in [6.07, 6.45) is -0.170. The zero-order valence-corrected chi connectivity index (χ0v) is 15.5. The summed E-state index contributed by atoms with van der Waals surface area (Å²) in [7, 11) is 1.85. The molecule has 0 saturated heterocycles. The molecule has 3 aromatic rings. The number of pyridine rings is 1. The Bertz CT molecular complexity index is 1030. The average molecular weight is 358 g/mol. The lowest BCUT2D eigenvalue weighted by Gasteiger charge is -2.42. The van der Waals surface area contributed by atoms with Crippen LogP contribution >= 0.6 is 0 Å². The van der Waals surface area contributed by atoms with Gasteiger partial charge in [-0.05, 0) is 36.3 Å². The Morgan fingerprint density at radius 2 is 1.74 bits per heavy atom. The fourth-order valence-electron chi connectivity index (χ4n) is 3.79. The van der Waals surface area contributed by atoms with Gasteiger partial charge in [0.2, 0.25) is 0 Å². The molecule has 0 radical (unpaired) electrons. The smallest absolute Gasteiger partial charge is 0.187 e. The van der Waals surface area contributed by atoms with Crippen molar-refractivity contribution in [1.29, 1.82) is 0 Å². The van der Waals surface area contributed by atoms with Gasteiger partial charge >= 0.3 is 0 Å². The summed E-state index contributed by atoms with van der Waals surface area (Å²) in [5.74, 6) is -0.0272. The molecule has 2 aromatic carbocycles. The van der Waals surface area contributed by atoms with Crippen LogP contribution in [0.25, 0.3) is 16.5 Å². The fourth-order valence-corrected chi connectivity index (χ4v) is 3.79. The normalized spacial score (nSPS) is 21.1. The number of para-hydroxylation sites is 2. The molecule has 4 rings (SSSR count). The molecule has 4 nitrogen and oxygen atoms in total. The summed E-state index contributed by atoms with van der Waals surface area (Å²) in [4.78, 5) is 19.5. The highest BCUT2D eigenvalue weighted by Crippen LogP contribution is 2.37. The van der Waals surface area contributed by atoms with E-state index in [9.17, 15) is 9.90 Å². The van der Waals surface area contributed by atoms with E-state index in [-0.39, 0.29) is 5.78 Å². The van der Waals surface area contributed by atoms with E-state index >= 15 is 0 Å². The molecular formula is C23H22N2O2. The van der Waals surface area contributed by atoms with Crippen LogP contribution in [0.2, 0.25) is 0 Å². The number of fused-ring (bicyclic) bond motifs is 1. The lowest BCUT2D eigenvalue weighted by molar-refractivity contribution is -0.125. The molecule has 27 heavy (non-hydrogen) atoms. The zero-order valence-electron chi connectivity index (χ0n) is 15.5. The summed E-state index contributed by atoms with van der Waals surface area (Å²) in [5.41, 5.74) is 3.89. The monoisotopic (exact) mass is 358 g/mol. The van der Waals surface area contributed by atoms with Gasteiger partial charge in [-0.15, -0.1) is 0 Å². The molecule has 0 amide bonds. The van der Waals surface area contributed by atoms with E-state index in [4.69, 9.17) is 4.98 Å². The van der Waals surface area contributed by atoms with Crippen LogP contribution in [0.3, 0.4) is 0 Å². The van der Waals surface area contributed by atoms with Crippen LogP contribution in [-0.2, 0) is 4.79 Å². The molecule has 136 valence electrons. The first-order valence-electron chi connectivity index (χ1n) is 9.21. The van der Waals surface area contributed by atoms with Gasteiger partial charge in [0.15, 0.2) is 5.78 Å². The van der Waals surface area contributed by atoms with Gasteiger partial charge in [-0.1, -0.05) is 49.4 Å². The summed E-state index contributed by atoms with van der Waals surface area (Å²) >= 11 is 0. The number of carbonyl (C=O) groups excluding carboxylic acids is 1. The minimum atomic E-state index is -0.814. The van der Waals surface area contributed by atoms with Crippen molar-refractivity contribution in [2.75, 3.05) is 11.9 Å². The maximum atomic E-state index is 12.9. The van der Waals surface area contributed by atoms with Gasteiger partial charge in [0.05, 0.1) is 11.2 Å². The Morgan fingerprint density at radius 3 is 2.44 bits per heavy atom. The SMILES string of the molecule is CCC(=C1C(=O)C(N(C)c2ccccc2)C1O)c1ccc2ccccc2n1. The van der Waals surface area contributed by atoms with Crippen molar-refractivity contribution in [3.8, 4) is 0 Å². The number of aliphatic hydroxyl groups excluding tert-OH is 1. The molecule has 1 saturated carbocycles. The second kappa shape index (κ2) is 6.97. The number of Topliss-reactive ketones (excluding diaryl/α,β-unsaturated/α-hetero) is 1. The van der Waals surface area contributed by atoms with Crippen molar-refractivity contribution >= 4 is 27.9 Å². The van der Waals surface area contributed by atoms with E-state index in [0.29, 0.717) is 12.0 Å². The number of hydrogen-bond acceptors (Lipinski definition) is 4. The van der Waals surface area contributed by atoms with Crippen LogP contribution in [0.4, 0.5) is 5.69 Å². The van der Waals surface area contributed by atoms with Crippen molar-refractivity contribution in [3.05, 3.63) is 78.0 Å². The molecular weight excluding hydrogens is 336 g/mol. The first-order valence-corrected chi connectivity index (χ1v) is 9.21. The third kappa shape index (κ3) is 2.92. The third-order valence-corrected chi connectivity index (χ3v) is 5.30. The van der Waals surface area contributed by atoms with Crippen LogP contribution in [-0.4, -0.2) is 35.1 Å². The van der Waals surface area contributed by atoms with Gasteiger partial charge in [-0.2, -0.15) is 0 Å². The highest BCUT2D eigenvalue weighted by molar-refractivity contribution is 6.15. The summed E-state index contributed by atoms with van der Waals surface area (Å²) in [6, 6.07) is 21.0. The zero-order chi connectivity index (χ0) is 19.0. The van der Waals surface area contributed by atoms with E-state index in [0.717, 1.165) is 27.9 Å². The molecule has 0 spiro atoms. The highest BCUT2D eigenvalue weighted by Gasteiger charge is 2.48. The second-order valence-corrected chi connectivity index (χ2v) is 6.84. The van der Waals surface area contributed by atoms with Crippen LogP contribution in [0.15, 0.2) is 72.3 Å². The highest BCUT2D eigenvalue weighted by atomic mass is 16.3. The number of allylic oxidation sites excluding steroid dienone is 1. The van der Waals surface area contributed by atoms with E-state index in [2.05, 4.69) is 0 Å². The number of likely N-dealkylation sites (N-methyl/N-ethyl adjacent to an activating group) is 1. The number of ketones is 1. The van der Waals surface area contributed by atoms with Crippen molar-refractivity contribution in [2.45, 2.75) is 25.5 Å². The molecule has 0 bridgehead atoms. The maximum Gasteiger partial charge on any atom is 0.187 e. The number of benzene rings is 2.